The molecular formula is C17H14BrF4N3O. The van der Waals surface area contributed by atoms with Crippen molar-refractivity contribution in [2.45, 2.75) is 12.8 Å². The second-order valence-electron chi connectivity index (χ2n) is 5.93. The van der Waals surface area contributed by atoms with Gasteiger partial charge in [0, 0.05) is 29.2 Å². The van der Waals surface area contributed by atoms with Gasteiger partial charge in [0.1, 0.15) is 5.69 Å². The molecule has 26 heavy (non-hydrogen) atoms. The Morgan fingerprint density at radius 2 is 1.58 bits per heavy atom. The lowest BCUT2D eigenvalue weighted by Gasteiger charge is -2.33. The molecule has 1 amide bonds. The minimum absolute atomic E-state index is 0.0924. The van der Waals surface area contributed by atoms with Crippen LogP contribution in [0.4, 0.5) is 28.9 Å². The van der Waals surface area contributed by atoms with Crippen molar-refractivity contribution >= 4 is 33.2 Å². The average molecular weight is 432 g/mol. The fourth-order valence-electron chi connectivity index (χ4n) is 2.90. The Kier molecular flexibility index (Phi) is 5.45. The fourth-order valence-corrected chi connectivity index (χ4v) is 3.16. The number of hydrogen-bond acceptors (Lipinski definition) is 3. The second kappa shape index (κ2) is 7.61. The van der Waals surface area contributed by atoms with Crippen LogP contribution in [0.15, 0.2) is 28.7 Å². The molecule has 0 bridgehead atoms. The first kappa shape index (κ1) is 18.6. The Morgan fingerprint density at radius 1 is 1.04 bits per heavy atom. The van der Waals surface area contributed by atoms with Crippen LogP contribution >= 0.6 is 15.9 Å². The smallest absolute Gasteiger partial charge is 0.253 e. The van der Waals surface area contributed by atoms with Crippen LogP contribution in [-0.4, -0.2) is 24.0 Å². The zero-order chi connectivity index (χ0) is 18.8. The number of carbonyl (C=O) groups is 1. The Labute approximate surface area is 155 Å². The molecule has 0 unspecified atom stereocenters. The molecule has 0 aliphatic carbocycles. The molecule has 1 saturated heterocycles. The highest BCUT2D eigenvalue weighted by Crippen LogP contribution is 2.30. The van der Waals surface area contributed by atoms with E-state index in [1.807, 2.05) is 0 Å². The van der Waals surface area contributed by atoms with Crippen LogP contribution in [-0.2, 0) is 4.79 Å². The van der Waals surface area contributed by atoms with Crippen LogP contribution < -0.4 is 10.2 Å². The molecule has 138 valence electrons. The van der Waals surface area contributed by atoms with Crippen molar-refractivity contribution in [3.05, 3.63) is 52.3 Å². The van der Waals surface area contributed by atoms with Crippen molar-refractivity contribution in [1.29, 1.82) is 0 Å². The SMILES string of the molecule is O=C(Nc1ccc(Br)cc1)C1CCN(c2c(F)c(F)nc(F)c2F)CC1. The molecule has 0 spiro atoms. The first-order valence-electron chi connectivity index (χ1n) is 7.88. The number of benzene rings is 1. The van der Waals surface area contributed by atoms with E-state index in [4.69, 9.17) is 0 Å². The number of nitrogens with one attached hydrogen (secondary N) is 1. The summed E-state index contributed by atoms with van der Waals surface area (Å²) in [6.07, 6.45) is 0.597. The molecule has 1 aliphatic rings. The predicted octanol–water partition coefficient (Wildman–Crippen LogP) is 4.26. The van der Waals surface area contributed by atoms with Crippen molar-refractivity contribution in [1.82, 2.24) is 4.98 Å². The highest BCUT2D eigenvalue weighted by atomic mass is 79.9. The number of aromatic nitrogens is 1. The van der Waals surface area contributed by atoms with E-state index in [9.17, 15) is 22.4 Å². The molecule has 1 aliphatic heterocycles. The summed E-state index contributed by atoms with van der Waals surface area (Å²) >= 11 is 3.30. The molecular weight excluding hydrogens is 418 g/mol. The molecule has 0 radical (unpaired) electrons. The predicted molar refractivity (Wildman–Crippen MR) is 91.8 cm³/mol. The lowest BCUT2D eigenvalue weighted by Crippen LogP contribution is -2.39. The first-order valence-corrected chi connectivity index (χ1v) is 8.67. The van der Waals surface area contributed by atoms with E-state index in [0.717, 1.165) is 4.47 Å². The monoisotopic (exact) mass is 431 g/mol. The van der Waals surface area contributed by atoms with E-state index in [0.29, 0.717) is 18.5 Å². The maximum Gasteiger partial charge on any atom is 0.253 e. The van der Waals surface area contributed by atoms with Gasteiger partial charge >= 0.3 is 0 Å². The quantitative estimate of drug-likeness (QED) is 0.583. The first-order chi connectivity index (χ1) is 12.4. The summed E-state index contributed by atoms with van der Waals surface area (Å²) in [4.78, 5) is 16.1. The van der Waals surface area contributed by atoms with Crippen LogP contribution in [0.3, 0.4) is 0 Å². The van der Waals surface area contributed by atoms with Gasteiger partial charge in [0.25, 0.3) is 11.9 Å². The van der Waals surface area contributed by atoms with Crippen molar-refractivity contribution < 1.29 is 22.4 Å². The van der Waals surface area contributed by atoms with E-state index >= 15 is 0 Å². The number of carbonyl (C=O) groups excluding carboxylic acids is 1. The van der Waals surface area contributed by atoms with Crippen LogP contribution in [0.5, 0.6) is 0 Å². The number of halogens is 5. The zero-order valence-electron chi connectivity index (χ0n) is 13.4. The van der Waals surface area contributed by atoms with E-state index in [1.54, 1.807) is 24.3 Å². The molecule has 0 saturated carbocycles. The van der Waals surface area contributed by atoms with E-state index in [2.05, 4.69) is 26.2 Å². The van der Waals surface area contributed by atoms with Gasteiger partial charge in [-0.25, -0.2) is 0 Å². The van der Waals surface area contributed by atoms with E-state index < -0.39 is 29.2 Å². The Balaban J connectivity index is 1.66. The maximum absolute atomic E-state index is 13.8. The average Bonchev–Trinajstić information content (AvgIpc) is 2.63. The molecule has 2 aromatic rings. The molecule has 1 aromatic carbocycles. The summed E-state index contributed by atoms with van der Waals surface area (Å²) < 4.78 is 55.1. The Morgan fingerprint density at radius 3 is 2.12 bits per heavy atom. The normalized spacial score (nSPS) is 15.2. The van der Waals surface area contributed by atoms with Gasteiger partial charge in [0.05, 0.1) is 0 Å². The lowest BCUT2D eigenvalue weighted by atomic mass is 9.95. The summed E-state index contributed by atoms with van der Waals surface area (Å²) in [7, 11) is 0. The molecule has 0 atom stereocenters. The number of pyridine rings is 1. The standard InChI is InChI=1S/C17H14BrF4N3O/c18-10-1-3-11(4-2-10)23-17(26)9-5-7-25(8-6-9)14-12(19)15(21)24-16(22)13(14)20/h1-4,9H,5-8H2,(H,23,26). The van der Waals surface area contributed by atoms with Crippen LogP contribution in [0.1, 0.15) is 12.8 Å². The number of anilines is 2. The van der Waals surface area contributed by atoms with E-state index in [1.165, 1.54) is 4.90 Å². The maximum atomic E-state index is 13.8. The zero-order valence-corrected chi connectivity index (χ0v) is 15.0. The number of nitrogens with zero attached hydrogens (tertiary/aromatic N) is 2. The van der Waals surface area contributed by atoms with Gasteiger partial charge in [0.2, 0.25) is 17.5 Å². The highest BCUT2D eigenvalue weighted by Gasteiger charge is 2.30. The molecule has 1 fully saturated rings. The third-order valence-corrected chi connectivity index (χ3v) is 4.80. The molecule has 1 aromatic heterocycles. The Hall–Kier alpha value is -2.16. The van der Waals surface area contributed by atoms with Gasteiger partial charge in [-0.1, -0.05) is 15.9 Å². The number of hydrogen-bond donors (Lipinski definition) is 1. The Bertz CT molecular complexity index is 797. The molecule has 4 nitrogen and oxygen atoms in total. The van der Waals surface area contributed by atoms with Crippen molar-refractivity contribution in [2.24, 2.45) is 5.92 Å². The van der Waals surface area contributed by atoms with Crippen molar-refractivity contribution in [3.63, 3.8) is 0 Å². The fraction of sp³-hybridized carbons (Fsp3) is 0.294. The van der Waals surface area contributed by atoms with Crippen molar-refractivity contribution in [3.8, 4) is 0 Å². The molecule has 1 N–H and O–H groups in total. The number of amides is 1. The molecule has 9 heteroatoms. The minimum atomic E-state index is -1.69. The number of piperidine rings is 1. The summed E-state index contributed by atoms with van der Waals surface area (Å²) in [5.74, 6) is -7.00. The van der Waals surface area contributed by atoms with E-state index in [-0.39, 0.29) is 24.9 Å². The third kappa shape index (κ3) is 3.82. The largest absolute Gasteiger partial charge is 0.366 e. The lowest BCUT2D eigenvalue weighted by molar-refractivity contribution is -0.120. The highest BCUT2D eigenvalue weighted by molar-refractivity contribution is 9.10. The van der Waals surface area contributed by atoms with Crippen LogP contribution in [0.25, 0.3) is 0 Å². The third-order valence-electron chi connectivity index (χ3n) is 4.27. The van der Waals surface area contributed by atoms with Gasteiger partial charge in [-0.05, 0) is 37.1 Å². The topological polar surface area (TPSA) is 45.2 Å². The summed E-state index contributed by atoms with van der Waals surface area (Å²) in [6.45, 7) is 0.185. The second-order valence-corrected chi connectivity index (χ2v) is 6.84. The van der Waals surface area contributed by atoms with Crippen molar-refractivity contribution in [2.75, 3.05) is 23.3 Å². The van der Waals surface area contributed by atoms with Gasteiger partial charge in [0.15, 0.2) is 0 Å². The summed E-state index contributed by atoms with van der Waals surface area (Å²) in [6, 6.07) is 7.06. The van der Waals surface area contributed by atoms with Gasteiger partial charge in [-0.2, -0.15) is 22.5 Å². The number of rotatable bonds is 3. The minimum Gasteiger partial charge on any atom is -0.366 e. The van der Waals surface area contributed by atoms with Gasteiger partial charge < -0.3 is 10.2 Å². The van der Waals surface area contributed by atoms with Crippen LogP contribution in [0.2, 0.25) is 0 Å². The van der Waals surface area contributed by atoms with Gasteiger partial charge in [-0.3, -0.25) is 4.79 Å². The van der Waals surface area contributed by atoms with Gasteiger partial charge in [-0.15, -0.1) is 0 Å². The summed E-state index contributed by atoms with van der Waals surface area (Å²) in [5.41, 5.74) is -0.141. The summed E-state index contributed by atoms with van der Waals surface area (Å²) in [5, 5.41) is 2.78. The molecule has 2 heterocycles. The molecule has 3 rings (SSSR count). The van der Waals surface area contributed by atoms with Crippen LogP contribution in [0, 0.1) is 29.4 Å².